The molecule has 0 bridgehead atoms. The zero-order valence-electron chi connectivity index (χ0n) is 11.2. The van der Waals surface area contributed by atoms with E-state index in [1.165, 1.54) is 12.1 Å². The van der Waals surface area contributed by atoms with Crippen molar-refractivity contribution in [1.82, 2.24) is 20.1 Å². The first-order chi connectivity index (χ1) is 10.2. The van der Waals surface area contributed by atoms with Crippen LogP contribution in [0.3, 0.4) is 0 Å². The minimum absolute atomic E-state index is 0.285. The lowest BCUT2D eigenvalue weighted by molar-refractivity contribution is 0.350. The van der Waals surface area contributed by atoms with Gasteiger partial charge in [0.05, 0.1) is 12.4 Å². The fourth-order valence-corrected chi connectivity index (χ4v) is 2.04. The number of hydrogen-bond acceptors (Lipinski definition) is 5. The first-order valence-electron chi connectivity index (χ1n) is 6.50. The molecule has 3 rings (SSSR count). The molecule has 0 saturated carbocycles. The first kappa shape index (κ1) is 13.4. The molecule has 2 aromatic heterocycles. The SMILES string of the molecule is NC(Cc1cnc[nH]1)c1nc(Cc2cccc(F)c2)no1. The lowest BCUT2D eigenvalue weighted by atomic mass is 10.1. The number of aromatic nitrogens is 4. The molecule has 1 atom stereocenters. The average molecular weight is 287 g/mol. The maximum Gasteiger partial charge on any atom is 0.243 e. The Kier molecular flexibility index (Phi) is 3.74. The Bertz CT molecular complexity index is 710. The van der Waals surface area contributed by atoms with Crippen LogP contribution in [0.5, 0.6) is 0 Å². The number of nitrogens with zero attached hydrogens (tertiary/aromatic N) is 3. The third-order valence-corrected chi connectivity index (χ3v) is 3.05. The van der Waals surface area contributed by atoms with Gasteiger partial charge >= 0.3 is 0 Å². The van der Waals surface area contributed by atoms with Crippen LogP contribution < -0.4 is 5.73 Å². The Morgan fingerprint density at radius 1 is 1.38 bits per heavy atom. The lowest BCUT2D eigenvalue weighted by Crippen LogP contribution is -2.14. The molecular weight excluding hydrogens is 273 g/mol. The summed E-state index contributed by atoms with van der Waals surface area (Å²) in [6, 6.07) is 5.89. The van der Waals surface area contributed by atoms with E-state index < -0.39 is 6.04 Å². The van der Waals surface area contributed by atoms with Crippen molar-refractivity contribution < 1.29 is 8.91 Å². The van der Waals surface area contributed by atoms with Crippen LogP contribution >= 0.6 is 0 Å². The molecule has 0 fully saturated rings. The molecule has 2 heterocycles. The molecule has 0 radical (unpaired) electrons. The van der Waals surface area contributed by atoms with E-state index in [0.717, 1.165) is 11.3 Å². The summed E-state index contributed by atoms with van der Waals surface area (Å²) in [6.07, 6.45) is 4.22. The summed E-state index contributed by atoms with van der Waals surface area (Å²) in [4.78, 5) is 11.1. The van der Waals surface area contributed by atoms with Gasteiger partial charge < -0.3 is 15.2 Å². The van der Waals surface area contributed by atoms with E-state index in [-0.39, 0.29) is 5.82 Å². The van der Waals surface area contributed by atoms with Gasteiger partial charge in [0.25, 0.3) is 0 Å². The number of aromatic amines is 1. The van der Waals surface area contributed by atoms with E-state index in [1.807, 2.05) is 6.07 Å². The molecule has 0 amide bonds. The fraction of sp³-hybridized carbons (Fsp3) is 0.214. The Morgan fingerprint density at radius 2 is 2.29 bits per heavy atom. The number of hydrogen-bond donors (Lipinski definition) is 2. The van der Waals surface area contributed by atoms with Crippen molar-refractivity contribution in [2.75, 3.05) is 0 Å². The molecule has 0 saturated heterocycles. The topological polar surface area (TPSA) is 93.6 Å². The van der Waals surface area contributed by atoms with Gasteiger partial charge in [0.1, 0.15) is 5.82 Å². The lowest BCUT2D eigenvalue weighted by Gasteiger charge is -2.03. The van der Waals surface area contributed by atoms with Crippen molar-refractivity contribution in [2.24, 2.45) is 5.73 Å². The van der Waals surface area contributed by atoms with E-state index in [9.17, 15) is 4.39 Å². The summed E-state index contributed by atoms with van der Waals surface area (Å²) in [5.41, 5.74) is 7.69. The quantitative estimate of drug-likeness (QED) is 0.745. The van der Waals surface area contributed by atoms with E-state index in [0.29, 0.717) is 24.6 Å². The van der Waals surface area contributed by atoms with Gasteiger partial charge in [-0.05, 0) is 17.7 Å². The van der Waals surface area contributed by atoms with Crippen LogP contribution in [-0.4, -0.2) is 20.1 Å². The van der Waals surface area contributed by atoms with Crippen LogP contribution in [-0.2, 0) is 12.8 Å². The zero-order valence-corrected chi connectivity index (χ0v) is 11.2. The van der Waals surface area contributed by atoms with Crippen molar-refractivity contribution >= 4 is 0 Å². The summed E-state index contributed by atoms with van der Waals surface area (Å²) in [6.45, 7) is 0. The first-order valence-corrected chi connectivity index (χ1v) is 6.50. The summed E-state index contributed by atoms with van der Waals surface area (Å²) in [5, 5.41) is 3.88. The molecule has 6 nitrogen and oxygen atoms in total. The summed E-state index contributed by atoms with van der Waals surface area (Å²) in [5.74, 6) is 0.554. The van der Waals surface area contributed by atoms with Crippen molar-refractivity contribution in [3.8, 4) is 0 Å². The molecule has 21 heavy (non-hydrogen) atoms. The van der Waals surface area contributed by atoms with Gasteiger partial charge in [-0.2, -0.15) is 4.98 Å². The van der Waals surface area contributed by atoms with Crippen LogP contribution in [0.4, 0.5) is 4.39 Å². The monoisotopic (exact) mass is 287 g/mol. The van der Waals surface area contributed by atoms with Crippen LogP contribution in [0.2, 0.25) is 0 Å². The molecule has 0 aliphatic heterocycles. The van der Waals surface area contributed by atoms with Gasteiger partial charge in [-0.25, -0.2) is 9.37 Å². The normalized spacial score (nSPS) is 12.5. The van der Waals surface area contributed by atoms with Gasteiger partial charge in [-0.15, -0.1) is 0 Å². The van der Waals surface area contributed by atoms with Crippen molar-refractivity contribution in [3.63, 3.8) is 0 Å². The molecule has 3 aromatic rings. The van der Waals surface area contributed by atoms with Crippen LogP contribution in [0.15, 0.2) is 41.3 Å². The number of nitrogens with one attached hydrogen (secondary N) is 1. The zero-order chi connectivity index (χ0) is 14.7. The summed E-state index contributed by atoms with van der Waals surface area (Å²) >= 11 is 0. The summed E-state index contributed by atoms with van der Waals surface area (Å²) < 4.78 is 18.3. The van der Waals surface area contributed by atoms with Crippen molar-refractivity contribution in [2.45, 2.75) is 18.9 Å². The fourth-order valence-electron chi connectivity index (χ4n) is 2.04. The predicted molar refractivity (Wildman–Crippen MR) is 72.7 cm³/mol. The Balaban J connectivity index is 1.68. The van der Waals surface area contributed by atoms with Gasteiger partial charge in [-0.1, -0.05) is 17.3 Å². The third kappa shape index (κ3) is 3.32. The van der Waals surface area contributed by atoms with Gasteiger partial charge in [-0.3, -0.25) is 0 Å². The molecule has 7 heteroatoms. The van der Waals surface area contributed by atoms with E-state index >= 15 is 0 Å². The largest absolute Gasteiger partial charge is 0.348 e. The highest BCUT2D eigenvalue weighted by Gasteiger charge is 2.16. The maximum atomic E-state index is 13.1. The van der Waals surface area contributed by atoms with Gasteiger partial charge in [0.15, 0.2) is 5.82 Å². The van der Waals surface area contributed by atoms with Crippen LogP contribution in [0.1, 0.15) is 29.0 Å². The minimum atomic E-state index is -0.404. The number of rotatable bonds is 5. The second-order valence-electron chi connectivity index (χ2n) is 4.74. The van der Waals surface area contributed by atoms with Crippen molar-refractivity contribution in [1.29, 1.82) is 0 Å². The smallest absolute Gasteiger partial charge is 0.243 e. The number of H-pyrrole nitrogens is 1. The van der Waals surface area contributed by atoms with Gasteiger partial charge in [0, 0.05) is 24.7 Å². The highest BCUT2D eigenvalue weighted by molar-refractivity contribution is 5.19. The van der Waals surface area contributed by atoms with E-state index in [4.69, 9.17) is 10.3 Å². The Morgan fingerprint density at radius 3 is 3.05 bits per heavy atom. The maximum absolute atomic E-state index is 13.1. The molecule has 1 aromatic carbocycles. The molecule has 1 unspecified atom stereocenters. The second kappa shape index (κ2) is 5.84. The molecule has 3 N–H and O–H groups in total. The highest BCUT2D eigenvalue weighted by atomic mass is 19.1. The molecule has 0 aliphatic carbocycles. The predicted octanol–water partition coefficient (Wildman–Crippen LogP) is 1.77. The minimum Gasteiger partial charge on any atom is -0.348 e. The number of nitrogens with two attached hydrogens (primary N) is 1. The van der Waals surface area contributed by atoms with E-state index in [1.54, 1.807) is 18.6 Å². The van der Waals surface area contributed by atoms with Crippen LogP contribution in [0.25, 0.3) is 0 Å². The highest BCUT2D eigenvalue weighted by Crippen LogP contribution is 2.14. The summed E-state index contributed by atoms with van der Waals surface area (Å²) in [7, 11) is 0. The van der Waals surface area contributed by atoms with Crippen molar-refractivity contribution in [3.05, 3.63) is 65.6 Å². The standard InChI is InChI=1S/C14H14FN5O/c15-10-3-1-2-9(4-10)5-13-19-14(21-20-13)12(16)6-11-7-17-8-18-11/h1-4,7-8,12H,5-6,16H2,(H,17,18). The number of imidazole rings is 1. The molecule has 0 aliphatic rings. The van der Waals surface area contributed by atoms with Crippen LogP contribution in [0, 0.1) is 5.82 Å². The van der Waals surface area contributed by atoms with Gasteiger partial charge in [0.2, 0.25) is 5.89 Å². The number of benzene rings is 1. The van der Waals surface area contributed by atoms with E-state index in [2.05, 4.69) is 20.1 Å². The second-order valence-corrected chi connectivity index (χ2v) is 4.74. The Hall–Kier alpha value is -2.54. The molecule has 108 valence electrons. The average Bonchev–Trinajstić information content (AvgIpc) is 3.10. The molecule has 0 spiro atoms. The number of halogens is 1. The third-order valence-electron chi connectivity index (χ3n) is 3.05. The Labute approximate surface area is 120 Å². The molecular formula is C14H14FN5O.